The van der Waals surface area contributed by atoms with Gasteiger partial charge in [0.15, 0.2) is 0 Å². The molecule has 2 N–H and O–H groups in total. The monoisotopic (exact) mass is 412 g/mol. The van der Waals surface area contributed by atoms with Crippen LogP contribution in [0.1, 0.15) is 10.4 Å². The maximum atomic E-state index is 13.3. The van der Waals surface area contributed by atoms with Gasteiger partial charge in [0.1, 0.15) is 6.04 Å². The molecule has 2 aromatic rings. The smallest absolute Gasteiger partial charge is 0.256 e. The van der Waals surface area contributed by atoms with Crippen molar-refractivity contribution in [3.63, 3.8) is 0 Å². The van der Waals surface area contributed by atoms with E-state index in [4.69, 9.17) is 11.6 Å². The molecule has 7 nitrogen and oxygen atoms in total. The maximum Gasteiger partial charge on any atom is 0.256 e. The van der Waals surface area contributed by atoms with Gasteiger partial charge in [-0.1, -0.05) is 29.8 Å². The number of hydrogen-bond donors (Lipinski definition) is 2. The van der Waals surface area contributed by atoms with Gasteiger partial charge in [-0.05, 0) is 42.4 Å². The lowest BCUT2D eigenvalue weighted by Crippen LogP contribution is -2.60. The zero-order valence-electron chi connectivity index (χ0n) is 15.9. The third-order valence-electron chi connectivity index (χ3n) is 5.31. The molecule has 4 rings (SSSR count). The molecule has 2 heterocycles. The molecule has 1 fully saturated rings. The summed E-state index contributed by atoms with van der Waals surface area (Å²) >= 11 is 5.97. The maximum absolute atomic E-state index is 13.3. The number of hydrogen-bond acceptors (Lipinski definition) is 4. The largest absolute Gasteiger partial charge is 0.337 e. The predicted octanol–water partition coefficient (Wildman–Crippen LogP) is 1.83. The third kappa shape index (κ3) is 3.71. The molecule has 0 spiro atoms. The van der Waals surface area contributed by atoms with Crippen molar-refractivity contribution >= 4 is 35.0 Å². The average molecular weight is 413 g/mol. The van der Waals surface area contributed by atoms with Crippen LogP contribution < -0.4 is 10.6 Å². The van der Waals surface area contributed by atoms with Crippen LogP contribution in [0.2, 0.25) is 5.02 Å². The number of fused-ring (bicyclic) bond motifs is 2. The lowest BCUT2D eigenvalue weighted by molar-refractivity contribution is -0.134. The van der Waals surface area contributed by atoms with Crippen molar-refractivity contribution in [3.05, 3.63) is 53.1 Å². The van der Waals surface area contributed by atoms with E-state index in [0.29, 0.717) is 29.4 Å². The minimum absolute atomic E-state index is 0.0841. The first kappa shape index (κ1) is 19.4. The fraction of sp³-hybridized carbons (Fsp3) is 0.286. The molecule has 29 heavy (non-hydrogen) atoms. The summed E-state index contributed by atoms with van der Waals surface area (Å²) in [5.41, 5.74) is 2.73. The summed E-state index contributed by atoms with van der Waals surface area (Å²) in [6.07, 6.45) is 0. The highest BCUT2D eigenvalue weighted by molar-refractivity contribution is 6.30. The van der Waals surface area contributed by atoms with Gasteiger partial charge in [0.05, 0.1) is 24.3 Å². The lowest BCUT2D eigenvalue weighted by atomic mass is 10.0. The molecule has 0 aliphatic carbocycles. The number of rotatable bonds is 3. The Morgan fingerprint density at radius 2 is 1.86 bits per heavy atom. The van der Waals surface area contributed by atoms with E-state index in [1.807, 2.05) is 18.2 Å². The Labute approximate surface area is 173 Å². The van der Waals surface area contributed by atoms with E-state index in [1.165, 1.54) is 0 Å². The molecule has 3 amide bonds. The third-order valence-corrected chi connectivity index (χ3v) is 5.56. The van der Waals surface area contributed by atoms with Crippen LogP contribution in [0.25, 0.3) is 11.1 Å². The highest BCUT2D eigenvalue weighted by Crippen LogP contribution is 2.30. The molecule has 1 saturated heterocycles. The molecule has 0 saturated carbocycles. The summed E-state index contributed by atoms with van der Waals surface area (Å²) in [7, 11) is 1.70. The molecule has 2 aliphatic heterocycles. The highest BCUT2D eigenvalue weighted by atomic mass is 35.5. The van der Waals surface area contributed by atoms with Gasteiger partial charge in [0, 0.05) is 18.1 Å². The molecule has 0 radical (unpaired) electrons. The van der Waals surface area contributed by atoms with Gasteiger partial charge in [-0.25, -0.2) is 0 Å². The van der Waals surface area contributed by atoms with E-state index in [2.05, 4.69) is 10.6 Å². The Balaban J connectivity index is 1.64. The summed E-state index contributed by atoms with van der Waals surface area (Å²) in [5.74, 6) is -0.572. The first-order valence-corrected chi connectivity index (χ1v) is 9.80. The first-order valence-electron chi connectivity index (χ1n) is 9.42. The molecule has 1 atom stereocenters. The molecule has 0 aromatic heterocycles. The highest BCUT2D eigenvalue weighted by Gasteiger charge is 2.40. The SMILES string of the molecule is CNCC(=O)N1CCN2C(=O)c3cc(-c4ccc(Cl)cc4)ccc3NC(=O)C2C1. The van der Waals surface area contributed by atoms with Crippen LogP contribution in [0.4, 0.5) is 5.69 Å². The minimum atomic E-state index is -0.705. The molecular weight excluding hydrogens is 392 g/mol. The average Bonchev–Trinajstić information content (AvgIpc) is 2.83. The number of likely N-dealkylation sites (N-methyl/N-ethyl adjacent to an activating group) is 1. The molecule has 150 valence electrons. The van der Waals surface area contributed by atoms with E-state index in [-0.39, 0.29) is 30.8 Å². The fourth-order valence-electron chi connectivity index (χ4n) is 3.76. The minimum Gasteiger partial charge on any atom is -0.337 e. The lowest BCUT2D eigenvalue weighted by Gasteiger charge is -2.39. The van der Waals surface area contributed by atoms with Gasteiger partial charge < -0.3 is 20.4 Å². The number of anilines is 1. The Morgan fingerprint density at radius 1 is 1.14 bits per heavy atom. The molecule has 8 heteroatoms. The summed E-state index contributed by atoms with van der Waals surface area (Å²) < 4.78 is 0. The Bertz CT molecular complexity index is 976. The van der Waals surface area contributed by atoms with E-state index in [1.54, 1.807) is 41.1 Å². The molecule has 2 aliphatic rings. The van der Waals surface area contributed by atoms with E-state index >= 15 is 0 Å². The quantitative estimate of drug-likeness (QED) is 0.805. The van der Waals surface area contributed by atoms with Crippen molar-refractivity contribution in [2.45, 2.75) is 6.04 Å². The number of amides is 3. The van der Waals surface area contributed by atoms with Crippen molar-refractivity contribution in [1.82, 2.24) is 15.1 Å². The van der Waals surface area contributed by atoms with Gasteiger partial charge in [0.2, 0.25) is 11.8 Å². The summed E-state index contributed by atoms with van der Waals surface area (Å²) in [4.78, 5) is 41.5. The van der Waals surface area contributed by atoms with Crippen molar-refractivity contribution in [2.24, 2.45) is 0 Å². The van der Waals surface area contributed by atoms with E-state index < -0.39 is 6.04 Å². The van der Waals surface area contributed by atoms with Crippen LogP contribution in [0, 0.1) is 0 Å². The van der Waals surface area contributed by atoms with Crippen molar-refractivity contribution < 1.29 is 14.4 Å². The van der Waals surface area contributed by atoms with Gasteiger partial charge >= 0.3 is 0 Å². The van der Waals surface area contributed by atoms with Crippen LogP contribution >= 0.6 is 11.6 Å². The summed E-state index contributed by atoms with van der Waals surface area (Å²) in [5, 5.41) is 6.32. The van der Waals surface area contributed by atoms with Gasteiger partial charge in [-0.2, -0.15) is 0 Å². The summed E-state index contributed by atoms with van der Waals surface area (Å²) in [6, 6.07) is 12.1. The van der Waals surface area contributed by atoms with Crippen LogP contribution in [0.15, 0.2) is 42.5 Å². The zero-order chi connectivity index (χ0) is 20.5. The van der Waals surface area contributed by atoms with Crippen molar-refractivity contribution in [3.8, 4) is 11.1 Å². The number of halogens is 1. The van der Waals surface area contributed by atoms with E-state index in [0.717, 1.165) is 11.1 Å². The Hall–Kier alpha value is -2.90. The first-order chi connectivity index (χ1) is 14.0. The van der Waals surface area contributed by atoms with Gasteiger partial charge in [-0.15, -0.1) is 0 Å². The molecule has 2 aromatic carbocycles. The van der Waals surface area contributed by atoms with E-state index in [9.17, 15) is 14.4 Å². The number of piperazine rings is 1. The van der Waals surface area contributed by atoms with Crippen LogP contribution in [-0.2, 0) is 9.59 Å². The van der Waals surface area contributed by atoms with Crippen molar-refractivity contribution in [1.29, 1.82) is 0 Å². The zero-order valence-corrected chi connectivity index (χ0v) is 16.7. The second-order valence-electron chi connectivity index (χ2n) is 7.14. The van der Waals surface area contributed by atoms with Crippen LogP contribution in [0.3, 0.4) is 0 Å². The topological polar surface area (TPSA) is 81.8 Å². The molecule has 1 unspecified atom stereocenters. The number of benzene rings is 2. The van der Waals surface area contributed by atoms with Crippen LogP contribution in [0.5, 0.6) is 0 Å². The molecule has 0 bridgehead atoms. The Morgan fingerprint density at radius 3 is 2.59 bits per heavy atom. The second-order valence-corrected chi connectivity index (χ2v) is 7.58. The summed E-state index contributed by atoms with van der Waals surface area (Å²) in [6.45, 7) is 1.11. The normalized spacial score (nSPS) is 18.6. The predicted molar refractivity (Wildman–Crippen MR) is 111 cm³/mol. The Kier molecular flexibility index (Phi) is 5.25. The van der Waals surface area contributed by atoms with Crippen molar-refractivity contribution in [2.75, 3.05) is 38.5 Å². The van der Waals surface area contributed by atoms with Gasteiger partial charge in [0.25, 0.3) is 5.91 Å². The van der Waals surface area contributed by atoms with Crippen LogP contribution in [-0.4, -0.2) is 66.8 Å². The second kappa shape index (κ2) is 7.85. The number of carbonyl (C=O) groups excluding carboxylic acids is 3. The molecular formula is C21H21ClN4O3. The number of nitrogens with one attached hydrogen (secondary N) is 2. The number of carbonyl (C=O) groups is 3. The van der Waals surface area contributed by atoms with Gasteiger partial charge in [-0.3, -0.25) is 14.4 Å². The standard InChI is InChI=1S/C21H21ClN4O3/c1-23-11-19(27)25-8-9-26-18(12-25)20(28)24-17-7-4-14(10-16(17)21(26)29)13-2-5-15(22)6-3-13/h2-7,10,18,23H,8-9,11-12H2,1H3,(H,24,28). The number of nitrogens with zero attached hydrogens (tertiary/aromatic N) is 2. The fourth-order valence-corrected chi connectivity index (χ4v) is 3.89.